The molecule has 2 saturated heterocycles. The van der Waals surface area contributed by atoms with Crippen LogP contribution in [0.4, 0.5) is 0 Å². The van der Waals surface area contributed by atoms with Crippen molar-refractivity contribution in [2.75, 3.05) is 46.4 Å². The first-order valence-corrected chi connectivity index (χ1v) is 8.39. The molecule has 3 atom stereocenters. The van der Waals surface area contributed by atoms with E-state index in [4.69, 9.17) is 10.5 Å². The van der Waals surface area contributed by atoms with E-state index in [1.54, 1.807) is 7.11 Å². The molecule has 4 nitrogen and oxygen atoms in total. The third kappa shape index (κ3) is 2.89. The van der Waals surface area contributed by atoms with E-state index in [9.17, 15) is 0 Å². The topological polar surface area (TPSA) is 41.7 Å². The highest BCUT2D eigenvalue weighted by molar-refractivity contribution is 5.06. The van der Waals surface area contributed by atoms with Crippen LogP contribution in [0.2, 0.25) is 0 Å². The number of rotatable bonds is 8. The van der Waals surface area contributed by atoms with Gasteiger partial charge < -0.3 is 15.4 Å². The van der Waals surface area contributed by atoms with E-state index in [0.29, 0.717) is 6.04 Å². The van der Waals surface area contributed by atoms with Gasteiger partial charge in [0, 0.05) is 38.3 Å². The van der Waals surface area contributed by atoms with Gasteiger partial charge in [-0.2, -0.15) is 0 Å². The molecule has 2 heterocycles. The number of methoxy groups -OCH3 is 1. The molecular weight excluding hydrogens is 250 g/mol. The molecule has 2 fully saturated rings. The molecule has 0 aromatic rings. The summed E-state index contributed by atoms with van der Waals surface area (Å²) in [4.78, 5) is 5.34. The molecule has 2 N–H and O–H groups in total. The van der Waals surface area contributed by atoms with E-state index in [-0.39, 0.29) is 5.54 Å². The van der Waals surface area contributed by atoms with E-state index in [1.165, 1.54) is 45.3 Å². The molecule has 2 aliphatic heterocycles. The van der Waals surface area contributed by atoms with Crippen molar-refractivity contribution in [3.63, 3.8) is 0 Å². The van der Waals surface area contributed by atoms with E-state index >= 15 is 0 Å². The molecule has 2 rings (SSSR count). The zero-order chi connectivity index (χ0) is 14.6. The van der Waals surface area contributed by atoms with Crippen LogP contribution in [0.25, 0.3) is 0 Å². The highest BCUT2D eigenvalue weighted by Crippen LogP contribution is 2.41. The fourth-order valence-corrected chi connectivity index (χ4v) is 4.48. The molecule has 0 aliphatic carbocycles. The van der Waals surface area contributed by atoms with Crippen molar-refractivity contribution >= 4 is 0 Å². The largest absolute Gasteiger partial charge is 0.383 e. The maximum Gasteiger partial charge on any atom is 0.0590 e. The number of nitrogens with two attached hydrogens (primary N) is 1. The van der Waals surface area contributed by atoms with Crippen molar-refractivity contribution in [2.45, 2.75) is 51.1 Å². The highest BCUT2D eigenvalue weighted by Gasteiger charge is 2.49. The van der Waals surface area contributed by atoms with Crippen molar-refractivity contribution in [3.8, 4) is 0 Å². The van der Waals surface area contributed by atoms with Crippen molar-refractivity contribution < 1.29 is 4.74 Å². The Balaban J connectivity index is 2.22. The van der Waals surface area contributed by atoms with Crippen LogP contribution in [-0.4, -0.2) is 67.8 Å². The fourth-order valence-electron chi connectivity index (χ4n) is 4.48. The van der Waals surface area contributed by atoms with Crippen molar-refractivity contribution in [3.05, 3.63) is 0 Å². The van der Waals surface area contributed by atoms with Crippen molar-refractivity contribution in [1.82, 2.24) is 9.80 Å². The third-order valence-corrected chi connectivity index (χ3v) is 5.74. The summed E-state index contributed by atoms with van der Waals surface area (Å²) < 4.78 is 5.38. The lowest BCUT2D eigenvalue weighted by atomic mass is 9.76. The molecule has 4 heteroatoms. The summed E-state index contributed by atoms with van der Waals surface area (Å²) in [6.07, 6.45) is 4.96. The van der Waals surface area contributed by atoms with Crippen LogP contribution in [0.5, 0.6) is 0 Å². The van der Waals surface area contributed by atoms with E-state index in [2.05, 4.69) is 23.6 Å². The van der Waals surface area contributed by atoms with Crippen LogP contribution in [0.3, 0.4) is 0 Å². The summed E-state index contributed by atoms with van der Waals surface area (Å²) in [5.41, 5.74) is 6.55. The Morgan fingerprint density at radius 2 is 2.10 bits per heavy atom. The summed E-state index contributed by atoms with van der Waals surface area (Å²) in [6, 6.07) is 0.640. The Kier molecular flexibility index (Phi) is 5.84. The lowest BCUT2D eigenvalue weighted by Crippen LogP contribution is -2.65. The Morgan fingerprint density at radius 1 is 1.35 bits per heavy atom. The molecule has 0 amide bonds. The first-order valence-electron chi connectivity index (χ1n) is 8.39. The van der Waals surface area contributed by atoms with Crippen LogP contribution in [-0.2, 0) is 4.74 Å². The SMILES string of the molecule is CCC(CC)N(CCOC)C1(CN)CCN2CCC1C2. The second-order valence-corrected chi connectivity index (χ2v) is 6.50. The highest BCUT2D eigenvalue weighted by atomic mass is 16.5. The maximum atomic E-state index is 6.34. The minimum atomic E-state index is 0.211. The van der Waals surface area contributed by atoms with Gasteiger partial charge in [0.25, 0.3) is 0 Å². The monoisotopic (exact) mass is 283 g/mol. The molecule has 0 aromatic carbocycles. The Labute approximate surface area is 124 Å². The lowest BCUT2D eigenvalue weighted by Gasteiger charge is -2.53. The van der Waals surface area contributed by atoms with Crippen LogP contribution in [0.15, 0.2) is 0 Å². The standard InChI is InChI=1S/C16H33N3O/c1-4-15(5-2)19(10-11-20-3)16(13-17)7-9-18-8-6-14(16)12-18/h14-15H,4-13,17H2,1-3H3. The molecule has 118 valence electrons. The zero-order valence-corrected chi connectivity index (χ0v) is 13.6. The minimum Gasteiger partial charge on any atom is -0.383 e. The van der Waals surface area contributed by atoms with Crippen LogP contribution < -0.4 is 5.73 Å². The van der Waals surface area contributed by atoms with Gasteiger partial charge in [0.05, 0.1) is 6.61 Å². The van der Waals surface area contributed by atoms with Crippen molar-refractivity contribution in [2.24, 2.45) is 11.7 Å². The first kappa shape index (κ1) is 16.2. The summed E-state index contributed by atoms with van der Waals surface area (Å²) in [6.45, 7) is 11.0. The van der Waals surface area contributed by atoms with Gasteiger partial charge in [-0.25, -0.2) is 0 Å². The molecule has 0 aromatic heterocycles. The average Bonchev–Trinajstić information content (AvgIpc) is 2.89. The normalized spacial score (nSPS) is 33.3. The van der Waals surface area contributed by atoms with Crippen molar-refractivity contribution in [1.29, 1.82) is 0 Å². The number of ether oxygens (including phenoxy) is 1. The van der Waals surface area contributed by atoms with Gasteiger partial charge in [-0.05, 0) is 44.7 Å². The summed E-state index contributed by atoms with van der Waals surface area (Å²) in [5.74, 6) is 0.749. The van der Waals surface area contributed by atoms with Crippen LogP contribution in [0, 0.1) is 5.92 Å². The van der Waals surface area contributed by atoms with Crippen LogP contribution in [0.1, 0.15) is 39.5 Å². The fraction of sp³-hybridized carbons (Fsp3) is 1.00. The molecule has 3 unspecified atom stereocenters. The Morgan fingerprint density at radius 3 is 2.70 bits per heavy atom. The maximum absolute atomic E-state index is 6.34. The molecule has 0 saturated carbocycles. The summed E-state index contributed by atoms with van der Waals surface area (Å²) in [7, 11) is 1.80. The molecule has 2 aliphatic rings. The van der Waals surface area contributed by atoms with Gasteiger partial charge in [0.15, 0.2) is 0 Å². The van der Waals surface area contributed by atoms with Gasteiger partial charge in [-0.1, -0.05) is 13.8 Å². The zero-order valence-electron chi connectivity index (χ0n) is 13.6. The Bertz CT molecular complexity index is 295. The number of hydrogen-bond donors (Lipinski definition) is 1. The summed E-state index contributed by atoms with van der Waals surface area (Å²) in [5, 5.41) is 0. The number of piperidine rings is 1. The van der Waals surface area contributed by atoms with E-state index in [0.717, 1.165) is 25.6 Å². The second kappa shape index (κ2) is 7.21. The average molecular weight is 283 g/mol. The minimum absolute atomic E-state index is 0.211. The smallest absolute Gasteiger partial charge is 0.0590 e. The van der Waals surface area contributed by atoms with Gasteiger partial charge in [0.1, 0.15) is 0 Å². The van der Waals surface area contributed by atoms with Gasteiger partial charge in [-0.3, -0.25) is 4.90 Å². The predicted molar refractivity (Wildman–Crippen MR) is 83.9 cm³/mol. The molecule has 0 radical (unpaired) electrons. The lowest BCUT2D eigenvalue weighted by molar-refractivity contribution is -0.0366. The quantitative estimate of drug-likeness (QED) is 0.734. The van der Waals surface area contributed by atoms with Gasteiger partial charge in [0.2, 0.25) is 0 Å². The number of fused-ring (bicyclic) bond motifs is 2. The molecular formula is C16H33N3O. The molecule has 0 spiro atoms. The first-order chi connectivity index (χ1) is 9.71. The molecule has 20 heavy (non-hydrogen) atoms. The number of nitrogens with zero attached hydrogens (tertiary/aromatic N) is 2. The Hall–Kier alpha value is -0.160. The van der Waals surface area contributed by atoms with Crippen LogP contribution >= 0.6 is 0 Å². The number of hydrogen-bond acceptors (Lipinski definition) is 4. The van der Waals surface area contributed by atoms with Gasteiger partial charge in [-0.15, -0.1) is 0 Å². The second-order valence-electron chi connectivity index (χ2n) is 6.50. The summed E-state index contributed by atoms with van der Waals surface area (Å²) >= 11 is 0. The van der Waals surface area contributed by atoms with E-state index in [1.807, 2.05) is 0 Å². The molecule has 2 bridgehead atoms. The van der Waals surface area contributed by atoms with Gasteiger partial charge >= 0.3 is 0 Å². The van der Waals surface area contributed by atoms with E-state index < -0.39 is 0 Å². The predicted octanol–water partition coefficient (Wildman–Crippen LogP) is 1.55. The third-order valence-electron chi connectivity index (χ3n) is 5.74.